The van der Waals surface area contributed by atoms with Crippen LogP contribution in [-0.4, -0.2) is 27.9 Å². The molecule has 3 rings (SSSR count). The van der Waals surface area contributed by atoms with E-state index in [9.17, 15) is 23.5 Å². The zero-order valence-corrected chi connectivity index (χ0v) is 12.7. The lowest BCUT2D eigenvalue weighted by molar-refractivity contribution is -0.151. The summed E-state index contributed by atoms with van der Waals surface area (Å²) >= 11 is 0. The molecule has 1 amide bonds. The summed E-state index contributed by atoms with van der Waals surface area (Å²) in [6.07, 6.45) is -0.332. The van der Waals surface area contributed by atoms with Crippen LogP contribution in [0.15, 0.2) is 42.5 Å². The van der Waals surface area contributed by atoms with Gasteiger partial charge in [0.15, 0.2) is 0 Å². The number of aliphatic carboxylic acids is 1. The summed E-state index contributed by atoms with van der Waals surface area (Å²) in [5, 5.41) is 9.42. The van der Waals surface area contributed by atoms with Gasteiger partial charge in [-0.1, -0.05) is 30.3 Å². The van der Waals surface area contributed by atoms with Gasteiger partial charge in [-0.3, -0.25) is 4.79 Å². The number of fused-ring (bicyclic) bond motifs is 1. The van der Waals surface area contributed by atoms with Gasteiger partial charge in [0.1, 0.15) is 17.7 Å². The van der Waals surface area contributed by atoms with Crippen LogP contribution >= 0.6 is 0 Å². The number of nitrogens with zero attached hydrogens (tertiary/aromatic N) is 1. The number of carboxylic acid groups (broad SMARTS) is 1. The molecular formula is C18H15F2NO3. The molecule has 0 aliphatic carbocycles. The molecule has 1 unspecified atom stereocenters. The van der Waals surface area contributed by atoms with Crippen molar-refractivity contribution in [3.8, 4) is 0 Å². The molecular weight excluding hydrogens is 316 g/mol. The molecule has 1 aliphatic rings. The quantitative estimate of drug-likeness (QED) is 0.940. The van der Waals surface area contributed by atoms with Gasteiger partial charge in [0.25, 0.3) is 0 Å². The third-order valence-electron chi connectivity index (χ3n) is 4.24. The van der Waals surface area contributed by atoms with Crippen molar-refractivity contribution in [1.82, 2.24) is 4.90 Å². The van der Waals surface area contributed by atoms with Gasteiger partial charge in [0.05, 0.1) is 6.42 Å². The molecule has 0 bridgehead atoms. The van der Waals surface area contributed by atoms with E-state index in [1.807, 2.05) is 18.2 Å². The molecule has 1 atom stereocenters. The molecule has 1 N–H and O–H groups in total. The lowest BCUT2D eigenvalue weighted by Crippen LogP contribution is -2.49. The fraction of sp³-hybridized carbons (Fsp3) is 0.222. The van der Waals surface area contributed by atoms with Gasteiger partial charge < -0.3 is 10.0 Å². The Morgan fingerprint density at radius 1 is 1.04 bits per heavy atom. The fourth-order valence-corrected chi connectivity index (χ4v) is 2.96. The summed E-state index contributed by atoms with van der Waals surface area (Å²) in [5.74, 6) is -3.37. The molecule has 2 aromatic carbocycles. The van der Waals surface area contributed by atoms with Gasteiger partial charge in [-0.2, -0.15) is 0 Å². The first-order valence-electron chi connectivity index (χ1n) is 7.49. The number of amides is 1. The Morgan fingerprint density at radius 2 is 1.67 bits per heavy atom. The summed E-state index contributed by atoms with van der Waals surface area (Å²) in [6.45, 7) is 0.113. The second kappa shape index (κ2) is 6.39. The molecule has 0 aromatic heterocycles. The van der Waals surface area contributed by atoms with E-state index in [-0.39, 0.29) is 18.5 Å². The van der Waals surface area contributed by atoms with Crippen LogP contribution in [0.1, 0.15) is 16.7 Å². The molecule has 24 heavy (non-hydrogen) atoms. The smallest absolute Gasteiger partial charge is 0.326 e. The van der Waals surface area contributed by atoms with Crippen molar-refractivity contribution in [1.29, 1.82) is 0 Å². The average molecular weight is 331 g/mol. The molecule has 1 aliphatic heterocycles. The monoisotopic (exact) mass is 331 g/mol. The number of hydrogen-bond donors (Lipinski definition) is 1. The predicted molar refractivity (Wildman–Crippen MR) is 82.2 cm³/mol. The fourth-order valence-electron chi connectivity index (χ4n) is 2.96. The third-order valence-corrected chi connectivity index (χ3v) is 4.24. The Labute approximate surface area is 137 Å². The number of carboxylic acids is 1. The molecule has 0 fully saturated rings. The maximum atomic E-state index is 13.7. The normalized spacial score (nSPS) is 16.6. The highest BCUT2D eigenvalue weighted by atomic mass is 19.1. The SMILES string of the molecule is O=C(O)C1Cc2ccccc2CN1C(=O)Cc1c(F)cccc1F. The Hall–Kier alpha value is -2.76. The Morgan fingerprint density at radius 3 is 2.29 bits per heavy atom. The molecule has 124 valence electrons. The molecule has 0 saturated heterocycles. The van der Waals surface area contributed by atoms with E-state index < -0.39 is 36.0 Å². The van der Waals surface area contributed by atoms with E-state index >= 15 is 0 Å². The Balaban J connectivity index is 1.89. The van der Waals surface area contributed by atoms with Crippen molar-refractivity contribution in [2.45, 2.75) is 25.4 Å². The van der Waals surface area contributed by atoms with Crippen molar-refractivity contribution >= 4 is 11.9 Å². The number of hydrogen-bond acceptors (Lipinski definition) is 2. The highest BCUT2D eigenvalue weighted by molar-refractivity contribution is 5.86. The summed E-state index contributed by atoms with van der Waals surface area (Å²) in [5.41, 5.74) is 1.37. The van der Waals surface area contributed by atoms with Crippen molar-refractivity contribution in [3.05, 3.63) is 70.8 Å². The van der Waals surface area contributed by atoms with E-state index in [2.05, 4.69) is 0 Å². The van der Waals surface area contributed by atoms with Crippen molar-refractivity contribution in [2.24, 2.45) is 0 Å². The summed E-state index contributed by atoms with van der Waals surface area (Å²) in [6, 6.07) is 9.58. The van der Waals surface area contributed by atoms with Crippen LogP contribution < -0.4 is 0 Å². The minimum atomic E-state index is -1.13. The number of carbonyl (C=O) groups is 2. The minimum Gasteiger partial charge on any atom is -0.480 e. The molecule has 1 heterocycles. The zero-order chi connectivity index (χ0) is 17.3. The van der Waals surface area contributed by atoms with E-state index in [1.54, 1.807) is 6.07 Å². The minimum absolute atomic E-state index is 0.113. The highest BCUT2D eigenvalue weighted by Gasteiger charge is 2.34. The number of rotatable bonds is 3. The van der Waals surface area contributed by atoms with Crippen LogP contribution in [0, 0.1) is 11.6 Å². The highest BCUT2D eigenvalue weighted by Crippen LogP contribution is 2.25. The second-order valence-corrected chi connectivity index (χ2v) is 5.73. The van der Waals surface area contributed by atoms with Crippen LogP contribution in [0.5, 0.6) is 0 Å². The van der Waals surface area contributed by atoms with Crippen LogP contribution in [0.2, 0.25) is 0 Å². The summed E-state index contributed by atoms with van der Waals surface area (Å²) < 4.78 is 27.5. The molecule has 0 saturated carbocycles. The van der Waals surface area contributed by atoms with E-state index in [0.717, 1.165) is 23.3 Å². The standard InChI is InChI=1S/C18H15F2NO3/c19-14-6-3-7-15(20)13(14)9-17(22)21-10-12-5-2-1-4-11(12)8-16(21)18(23)24/h1-7,16H,8-10H2,(H,23,24). The van der Waals surface area contributed by atoms with E-state index in [1.165, 1.54) is 11.0 Å². The maximum Gasteiger partial charge on any atom is 0.326 e. The van der Waals surface area contributed by atoms with E-state index in [4.69, 9.17) is 0 Å². The Kier molecular flexibility index (Phi) is 4.29. The number of halogens is 2. The van der Waals surface area contributed by atoms with Crippen molar-refractivity contribution < 1.29 is 23.5 Å². The van der Waals surface area contributed by atoms with Crippen LogP contribution in [0.4, 0.5) is 8.78 Å². The first kappa shape index (κ1) is 16.1. The van der Waals surface area contributed by atoms with Crippen molar-refractivity contribution in [3.63, 3.8) is 0 Å². The van der Waals surface area contributed by atoms with Gasteiger partial charge in [-0.15, -0.1) is 0 Å². The van der Waals surface area contributed by atoms with Gasteiger partial charge >= 0.3 is 5.97 Å². The predicted octanol–water partition coefficient (Wildman–Crippen LogP) is 2.55. The average Bonchev–Trinajstić information content (AvgIpc) is 2.56. The van der Waals surface area contributed by atoms with Crippen molar-refractivity contribution in [2.75, 3.05) is 0 Å². The van der Waals surface area contributed by atoms with Gasteiger partial charge in [-0.05, 0) is 23.3 Å². The van der Waals surface area contributed by atoms with Gasteiger partial charge in [0, 0.05) is 18.5 Å². The largest absolute Gasteiger partial charge is 0.480 e. The summed E-state index contributed by atoms with van der Waals surface area (Å²) in [7, 11) is 0. The van der Waals surface area contributed by atoms with Crippen LogP contribution in [-0.2, 0) is 29.0 Å². The van der Waals surface area contributed by atoms with Gasteiger partial charge in [0.2, 0.25) is 5.91 Å². The van der Waals surface area contributed by atoms with Gasteiger partial charge in [-0.25, -0.2) is 13.6 Å². The first-order chi connectivity index (χ1) is 11.5. The molecule has 0 radical (unpaired) electrons. The molecule has 6 heteroatoms. The Bertz CT molecular complexity index is 786. The lowest BCUT2D eigenvalue weighted by Gasteiger charge is -2.34. The zero-order valence-electron chi connectivity index (χ0n) is 12.7. The maximum absolute atomic E-state index is 13.7. The van der Waals surface area contributed by atoms with E-state index in [0.29, 0.717) is 0 Å². The molecule has 4 nitrogen and oxygen atoms in total. The molecule has 2 aromatic rings. The second-order valence-electron chi connectivity index (χ2n) is 5.73. The topological polar surface area (TPSA) is 57.6 Å². The number of carbonyl (C=O) groups excluding carboxylic acids is 1. The van der Waals surface area contributed by atoms with Crippen LogP contribution in [0.25, 0.3) is 0 Å². The lowest BCUT2D eigenvalue weighted by atomic mass is 9.93. The third kappa shape index (κ3) is 2.99. The first-order valence-corrected chi connectivity index (χ1v) is 7.49. The molecule has 0 spiro atoms. The van der Waals surface area contributed by atoms with Crippen LogP contribution in [0.3, 0.4) is 0 Å². The summed E-state index contributed by atoms with van der Waals surface area (Å²) in [4.78, 5) is 25.2. The number of benzene rings is 2.